The van der Waals surface area contributed by atoms with Gasteiger partial charge in [0.15, 0.2) is 0 Å². The lowest BCUT2D eigenvalue weighted by molar-refractivity contribution is -0.274. The number of rotatable bonds is 6. The summed E-state index contributed by atoms with van der Waals surface area (Å²) in [7, 11) is 1.51. The van der Waals surface area contributed by atoms with Crippen molar-refractivity contribution in [3.63, 3.8) is 0 Å². The van der Waals surface area contributed by atoms with Gasteiger partial charge in [-0.3, -0.25) is 0 Å². The SMILES string of the molecule is Cc1cccc(-n2nnn(C)c2=O)c1COc1nc(-c2ccc(OC(F)(F)F)cc2)cs1. The van der Waals surface area contributed by atoms with Crippen LogP contribution in [0, 0.1) is 6.92 Å². The molecule has 4 rings (SSSR count). The summed E-state index contributed by atoms with van der Waals surface area (Å²) in [6.45, 7) is 2.03. The van der Waals surface area contributed by atoms with Crippen molar-refractivity contribution in [2.24, 2.45) is 7.05 Å². The number of alkyl halides is 3. The third-order valence-corrected chi connectivity index (χ3v) is 5.29. The van der Waals surface area contributed by atoms with Gasteiger partial charge in [0.2, 0.25) is 0 Å². The van der Waals surface area contributed by atoms with E-state index in [0.29, 0.717) is 22.1 Å². The second-order valence-corrected chi connectivity index (χ2v) is 7.55. The van der Waals surface area contributed by atoms with Gasteiger partial charge in [-0.25, -0.2) is 9.78 Å². The Morgan fingerprint density at radius 1 is 1.09 bits per heavy atom. The van der Waals surface area contributed by atoms with Crippen LogP contribution in [0.5, 0.6) is 10.9 Å². The number of hydrogen-bond donors (Lipinski definition) is 0. The zero-order valence-corrected chi connectivity index (χ0v) is 17.6. The Balaban J connectivity index is 1.51. The van der Waals surface area contributed by atoms with E-state index in [9.17, 15) is 18.0 Å². The number of hydrogen-bond acceptors (Lipinski definition) is 7. The number of tetrazole rings is 1. The minimum atomic E-state index is -4.74. The lowest BCUT2D eigenvalue weighted by Crippen LogP contribution is -2.23. The topological polar surface area (TPSA) is 84.1 Å². The Hall–Kier alpha value is -3.67. The predicted octanol–water partition coefficient (Wildman–Crippen LogP) is 3.88. The van der Waals surface area contributed by atoms with Crippen molar-refractivity contribution >= 4 is 11.3 Å². The first kappa shape index (κ1) is 21.6. The monoisotopic (exact) mass is 463 g/mol. The Morgan fingerprint density at radius 2 is 1.84 bits per heavy atom. The molecule has 0 spiro atoms. The Morgan fingerprint density at radius 3 is 2.50 bits per heavy atom. The molecule has 0 N–H and O–H groups in total. The van der Waals surface area contributed by atoms with Gasteiger partial charge < -0.3 is 9.47 Å². The molecule has 0 aliphatic heterocycles. The summed E-state index contributed by atoms with van der Waals surface area (Å²) in [4.78, 5) is 16.6. The van der Waals surface area contributed by atoms with Gasteiger partial charge in [-0.1, -0.05) is 23.5 Å². The molecule has 2 aromatic carbocycles. The normalized spacial score (nSPS) is 11.5. The fraction of sp³-hybridized carbons (Fsp3) is 0.200. The van der Waals surface area contributed by atoms with E-state index in [0.717, 1.165) is 15.8 Å². The first-order valence-corrected chi connectivity index (χ1v) is 10.1. The van der Waals surface area contributed by atoms with Crippen LogP contribution in [0.1, 0.15) is 11.1 Å². The summed E-state index contributed by atoms with van der Waals surface area (Å²) >= 11 is 1.25. The summed E-state index contributed by atoms with van der Waals surface area (Å²) < 4.78 is 49.0. The summed E-state index contributed by atoms with van der Waals surface area (Å²) in [6, 6.07) is 10.9. The maximum absolute atomic E-state index is 12.3. The molecular formula is C20H16F3N5O3S. The van der Waals surface area contributed by atoms with E-state index < -0.39 is 6.36 Å². The predicted molar refractivity (Wildman–Crippen MR) is 110 cm³/mol. The smallest absolute Gasteiger partial charge is 0.465 e. The highest BCUT2D eigenvalue weighted by atomic mass is 32.1. The van der Waals surface area contributed by atoms with E-state index in [-0.39, 0.29) is 18.0 Å². The van der Waals surface area contributed by atoms with Crippen LogP contribution < -0.4 is 15.2 Å². The summed E-state index contributed by atoms with van der Waals surface area (Å²) in [5, 5.41) is 9.73. The third-order valence-electron chi connectivity index (χ3n) is 4.54. The summed E-state index contributed by atoms with van der Waals surface area (Å²) in [5.41, 5.74) is 3.00. The molecule has 0 aliphatic rings. The number of nitrogens with zero attached hydrogens (tertiary/aromatic N) is 5. The summed E-state index contributed by atoms with van der Waals surface area (Å²) in [5.74, 6) is -0.306. The van der Waals surface area contributed by atoms with E-state index in [1.165, 1.54) is 47.3 Å². The molecule has 0 atom stereocenters. The number of benzene rings is 2. The number of aromatic nitrogens is 5. The van der Waals surface area contributed by atoms with Crippen LogP contribution in [0.2, 0.25) is 0 Å². The molecule has 0 aliphatic carbocycles. The van der Waals surface area contributed by atoms with Crippen molar-refractivity contribution < 1.29 is 22.6 Å². The first-order valence-electron chi connectivity index (χ1n) is 9.23. The molecule has 0 saturated heterocycles. The molecule has 0 saturated carbocycles. The highest BCUT2D eigenvalue weighted by Crippen LogP contribution is 2.30. The fourth-order valence-corrected chi connectivity index (χ4v) is 3.63. The van der Waals surface area contributed by atoms with E-state index in [4.69, 9.17) is 4.74 Å². The van der Waals surface area contributed by atoms with Crippen LogP contribution >= 0.6 is 11.3 Å². The van der Waals surface area contributed by atoms with Crippen molar-refractivity contribution in [3.05, 3.63) is 69.5 Å². The van der Waals surface area contributed by atoms with Crippen molar-refractivity contribution in [1.29, 1.82) is 0 Å². The van der Waals surface area contributed by atoms with E-state index in [2.05, 4.69) is 20.1 Å². The molecule has 4 aromatic rings. The van der Waals surface area contributed by atoms with Gasteiger partial charge in [-0.15, -0.1) is 13.2 Å². The largest absolute Gasteiger partial charge is 0.573 e. The van der Waals surface area contributed by atoms with Crippen LogP contribution in [-0.4, -0.2) is 31.1 Å². The standard InChI is InChI=1S/C20H16F3N5O3S/c1-12-4-3-5-17(28-19(29)27(2)25-26-28)15(12)10-30-18-24-16(11-32-18)13-6-8-14(9-7-13)31-20(21,22)23/h3-9,11H,10H2,1-2H3. The molecular weight excluding hydrogens is 447 g/mol. The molecule has 0 unspecified atom stereocenters. The van der Waals surface area contributed by atoms with Gasteiger partial charge in [-0.2, -0.15) is 9.36 Å². The molecule has 0 amide bonds. The fourth-order valence-electron chi connectivity index (χ4n) is 2.96. The van der Waals surface area contributed by atoms with Gasteiger partial charge in [0.05, 0.1) is 11.4 Å². The molecule has 0 fully saturated rings. The van der Waals surface area contributed by atoms with E-state index >= 15 is 0 Å². The second kappa shape index (κ2) is 8.46. The minimum absolute atomic E-state index is 0.135. The Bertz CT molecular complexity index is 1300. The second-order valence-electron chi connectivity index (χ2n) is 6.73. The van der Waals surface area contributed by atoms with Gasteiger partial charge in [-0.05, 0) is 53.2 Å². The minimum Gasteiger partial charge on any atom is -0.465 e. The maximum atomic E-state index is 12.3. The van der Waals surface area contributed by atoms with E-state index in [1.807, 2.05) is 19.1 Å². The molecule has 166 valence electrons. The summed E-state index contributed by atoms with van der Waals surface area (Å²) in [6.07, 6.45) is -4.74. The molecule has 0 radical (unpaired) electrons. The Labute approximate surface area is 183 Å². The van der Waals surface area contributed by atoms with Crippen LogP contribution in [-0.2, 0) is 13.7 Å². The van der Waals surface area contributed by atoms with Crippen molar-refractivity contribution in [3.8, 4) is 27.9 Å². The van der Waals surface area contributed by atoms with Crippen molar-refractivity contribution in [2.45, 2.75) is 19.9 Å². The van der Waals surface area contributed by atoms with Crippen molar-refractivity contribution in [1.82, 2.24) is 24.8 Å². The van der Waals surface area contributed by atoms with Crippen molar-refractivity contribution in [2.75, 3.05) is 0 Å². The van der Waals surface area contributed by atoms with Crippen LogP contribution in [0.4, 0.5) is 13.2 Å². The van der Waals surface area contributed by atoms with Crippen LogP contribution in [0.15, 0.2) is 52.6 Å². The highest BCUT2D eigenvalue weighted by molar-refractivity contribution is 7.11. The third kappa shape index (κ3) is 4.64. The van der Waals surface area contributed by atoms with Crippen LogP contribution in [0.25, 0.3) is 16.9 Å². The molecule has 8 nitrogen and oxygen atoms in total. The van der Waals surface area contributed by atoms with Gasteiger partial charge in [0.25, 0.3) is 5.19 Å². The van der Waals surface area contributed by atoms with Crippen LogP contribution in [0.3, 0.4) is 0 Å². The zero-order chi connectivity index (χ0) is 22.9. The first-order chi connectivity index (χ1) is 15.2. The van der Waals surface area contributed by atoms with Gasteiger partial charge >= 0.3 is 12.1 Å². The average Bonchev–Trinajstić information content (AvgIpc) is 3.34. The highest BCUT2D eigenvalue weighted by Gasteiger charge is 2.31. The maximum Gasteiger partial charge on any atom is 0.573 e. The Kier molecular flexibility index (Phi) is 5.70. The van der Waals surface area contributed by atoms with E-state index in [1.54, 1.807) is 11.4 Å². The number of ether oxygens (including phenoxy) is 2. The molecule has 12 heteroatoms. The molecule has 2 aromatic heterocycles. The lowest BCUT2D eigenvalue weighted by atomic mass is 10.1. The van der Waals surface area contributed by atoms with Gasteiger partial charge in [0, 0.05) is 23.6 Å². The molecule has 2 heterocycles. The number of halogens is 3. The van der Waals surface area contributed by atoms with Gasteiger partial charge in [0.1, 0.15) is 12.4 Å². The lowest BCUT2D eigenvalue weighted by Gasteiger charge is -2.11. The number of aryl methyl sites for hydroxylation is 2. The average molecular weight is 463 g/mol. The molecule has 0 bridgehead atoms. The molecule has 32 heavy (non-hydrogen) atoms. The number of thiazole rings is 1. The zero-order valence-electron chi connectivity index (χ0n) is 16.8. The quantitative estimate of drug-likeness (QED) is 0.432.